The molecule has 6 aliphatic rings. The van der Waals surface area contributed by atoms with Gasteiger partial charge in [-0.15, -0.1) is 0 Å². The Kier molecular flexibility index (Phi) is 31.8. The fourth-order valence-corrected chi connectivity index (χ4v) is 12.8. The van der Waals surface area contributed by atoms with Gasteiger partial charge in [-0.25, -0.2) is 0 Å². The van der Waals surface area contributed by atoms with Crippen LogP contribution in [0.3, 0.4) is 0 Å². The Hall–Kier alpha value is -4.85. The van der Waals surface area contributed by atoms with Gasteiger partial charge in [0.1, 0.15) is 127 Å². The van der Waals surface area contributed by atoms with E-state index in [0.717, 1.165) is 46.5 Å². The van der Waals surface area contributed by atoms with E-state index in [4.69, 9.17) is 61.6 Å². The molecule has 1 aromatic rings. The molecule has 0 saturated carbocycles. The van der Waals surface area contributed by atoms with Crippen molar-refractivity contribution in [1.82, 2.24) is 26.6 Å². The molecule has 7 rings (SSSR count). The second-order valence-corrected chi connectivity index (χ2v) is 25.8. The normalized spacial score (nSPS) is 38.8. The van der Waals surface area contributed by atoms with Crippen molar-refractivity contribution in [3.63, 3.8) is 0 Å². The highest BCUT2D eigenvalue weighted by Gasteiger charge is 2.57. The van der Waals surface area contributed by atoms with Gasteiger partial charge in [-0.1, -0.05) is 44.4 Å². The minimum absolute atomic E-state index is 0.0585. The fraction of sp³-hybridized carbons (Fsp3) is 0.797. The molecular weight excluding hydrogens is 1320 g/mol. The van der Waals surface area contributed by atoms with Crippen molar-refractivity contribution < 1.29 is 147 Å². The Morgan fingerprint density at radius 3 is 1.71 bits per heavy atom. The van der Waals surface area contributed by atoms with Crippen molar-refractivity contribution in [2.24, 2.45) is 0 Å². The molecule has 0 aromatic heterocycles. The number of methoxy groups -OCH3 is 1. The smallest absolute Gasteiger partial charge is 0.251 e. The van der Waals surface area contributed by atoms with Crippen LogP contribution in [-0.4, -0.2) is 322 Å². The Morgan fingerprint density at radius 1 is 0.566 bits per heavy atom. The third kappa shape index (κ3) is 21.4. The number of rotatable bonds is 33. The molecule has 17 N–H and O–H groups in total. The van der Waals surface area contributed by atoms with E-state index in [0.29, 0.717) is 18.8 Å². The number of hydrogen-bond acceptors (Lipinski definition) is 30. The predicted octanol–water partition coefficient (Wildman–Crippen LogP) is -5.65. The monoisotopic (exact) mass is 1420 g/mol. The zero-order valence-electron chi connectivity index (χ0n) is 56.6. The molecule has 6 heterocycles. The quantitative estimate of drug-likeness (QED) is 0.0230. The molecule has 1 aromatic carbocycles. The van der Waals surface area contributed by atoms with E-state index in [9.17, 15) is 85.3 Å². The molecule has 0 radical (unpaired) electrons. The summed E-state index contributed by atoms with van der Waals surface area (Å²) in [5, 5.41) is 148. The average molecular weight is 1420 g/mol. The highest BCUT2D eigenvalue weighted by atomic mass is 16.8. The van der Waals surface area contributed by atoms with Crippen LogP contribution in [0.25, 0.3) is 0 Å². The summed E-state index contributed by atoms with van der Waals surface area (Å²) in [5.41, 5.74) is -2.00. The lowest BCUT2D eigenvalue weighted by atomic mass is 9.89. The number of hydrogen-bond donors (Lipinski definition) is 17. The Morgan fingerprint density at radius 2 is 1.12 bits per heavy atom. The van der Waals surface area contributed by atoms with Crippen molar-refractivity contribution in [2.45, 2.75) is 264 Å². The van der Waals surface area contributed by atoms with E-state index in [1.807, 2.05) is 0 Å². The summed E-state index contributed by atoms with van der Waals surface area (Å²) < 4.78 is 78.8. The molecule has 6 fully saturated rings. The Balaban J connectivity index is 1.06. The molecule has 35 nitrogen and oxygen atoms in total. The van der Waals surface area contributed by atoms with E-state index in [2.05, 4.69) is 45.7 Å². The molecule has 0 aliphatic carbocycles. The third-order valence-corrected chi connectivity index (χ3v) is 18.1. The number of amides is 5. The summed E-state index contributed by atoms with van der Waals surface area (Å²) in [7, 11) is 1.25. The zero-order valence-corrected chi connectivity index (χ0v) is 56.6. The van der Waals surface area contributed by atoms with E-state index in [1.54, 1.807) is 12.1 Å². The Bertz CT molecular complexity index is 2730. The van der Waals surface area contributed by atoms with Gasteiger partial charge in [0.2, 0.25) is 23.6 Å². The predicted molar refractivity (Wildman–Crippen MR) is 337 cm³/mol. The molecule has 28 atom stereocenters. The highest BCUT2D eigenvalue weighted by Crippen LogP contribution is 2.38. The standard InChI is InChI=1S/C64H103N5O30/c1-8-9-10-11-12-13-14-15-16-20-88-36-19-17-18-35(21-36)58(86)69-44-50(82)49(81)39(23-70)93-60(44)96-55-41(25-72)95-61(46(52(55)84)68-34(6)77)97-54-40(24-71)94-59(45(51(54)83)67-33(5)76)91-29-64(28-73)22-38(78)43(66-32(4)75)62(99-64)98-56-42(89-26-37(48(56)80)65-31(3)74)27-90-63-57(87-7)53(85)47(79)30(2)92-63/h13-14,17-19,21,30,37-57,59-63,70-73,78-85H,8-12,15-16,20,22-29H2,1-7H3,(H,65,74)(H,66,75)(H,67,76)(H,68,77)(H,69,86)/b14-13-/t30?,37-,38?,39?,40?,41?,42?,43?,44?,45+,46?,47?,48-,49-,50?,51-,52?,53?,54?,55-,56?,57?,59-,60?,61?,62-,63-,64?/m1/s1. The zero-order chi connectivity index (χ0) is 72.4. The fourth-order valence-electron chi connectivity index (χ4n) is 12.8. The van der Waals surface area contributed by atoms with Crippen LogP contribution in [0.1, 0.15) is 103 Å². The average Bonchev–Trinajstić information content (AvgIpc) is 0.777. The lowest BCUT2D eigenvalue weighted by molar-refractivity contribution is -0.359. The van der Waals surface area contributed by atoms with Crippen LogP contribution < -0.4 is 31.3 Å². The maximum absolute atomic E-state index is 14.0. The molecule has 6 aliphatic heterocycles. The van der Waals surface area contributed by atoms with E-state index >= 15 is 0 Å². The number of benzene rings is 1. The molecule has 0 spiro atoms. The van der Waals surface area contributed by atoms with E-state index < -0.39 is 247 Å². The molecule has 5 amide bonds. The number of allylic oxidation sites excluding steroid dienone is 2. The molecule has 564 valence electrons. The van der Waals surface area contributed by atoms with Gasteiger partial charge in [0, 0.05) is 46.8 Å². The SMILES string of the molecule is CCCCCC/C=C\CCCOc1cccc(C(=O)NC2C(O[C@@H]3C(CO)OC(OC4C(CO)O[C@@H](OCC5(CO)CC(O)C(NC(C)=O)[C@H](OC6C(CO[C@@H]7OC(C)C(O)C(O)C7OC)OC[C@@H](NC(C)=O)[C@H]6O)O5)[C@@H](NC(C)=O)[C@H]4O)C(NC(C)=O)C3O)OC(CO)[C@@H](O)C2O)c1. The molecule has 6 saturated heterocycles. The number of carbonyl (C=O) groups excluding carboxylic acids is 5. The van der Waals surface area contributed by atoms with Crippen molar-refractivity contribution in [3.05, 3.63) is 42.0 Å². The van der Waals surface area contributed by atoms with E-state index in [1.165, 1.54) is 45.9 Å². The van der Waals surface area contributed by atoms with Crippen LogP contribution in [0.5, 0.6) is 5.75 Å². The first-order valence-corrected chi connectivity index (χ1v) is 33.5. The van der Waals surface area contributed by atoms with Crippen LogP contribution in [0.2, 0.25) is 0 Å². The van der Waals surface area contributed by atoms with E-state index in [-0.39, 0.29) is 12.2 Å². The summed E-state index contributed by atoms with van der Waals surface area (Å²) in [6.45, 7) is 3.03. The largest absolute Gasteiger partial charge is 0.494 e. The van der Waals surface area contributed by atoms with Gasteiger partial charge in [-0.3, -0.25) is 24.0 Å². The minimum atomic E-state index is -2.05. The topological polar surface area (TPSA) is 508 Å². The Labute approximate surface area is 572 Å². The summed E-state index contributed by atoms with van der Waals surface area (Å²) in [5.74, 6) is -3.28. The first-order chi connectivity index (χ1) is 47.2. The maximum atomic E-state index is 14.0. The van der Waals surface area contributed by atoms with Gasteiger partial charge in [0.25, 0.3) is 5.91 Å². The van der Waals surface area contributed by atoms with Gasteiger partial charge in [0.05, 0.1) is 71.1 Å². The van der Waals surface area contributed by atoms with Crippen LogP contribution in [-0.2, 0) is 76.0 Å². The van der Waals surface area contributed by atoms with Gasteiger partial charge >= 0.3 is 0 Å². The van der Waals surface area contributed by atoms with Crippen LogP contribution in [0, 0.1) is 0 Å². The van der Waals surface area contributed by atoms with Crippen LogP contribution in [0.4, 0.5) is 0 Å². The number of carbonyl (C=O) groups is 5. The lowest BCUT2D eigenvalue weighted by Gasteiger charge is -2.51. The minimum Gasteiger partial charge on any atom is -0.494 e. The highest BCUT2D eigenvalue weighted by molar-refractivity contribution is 5.94. The van der Waals surface area contributed by atoms with Gasteiger partial charge in [-0.05, 0) is 50.8 Å². The molecular formula is C64H103N5O30. The molecule has 35 heteroatoms. The summed E-state index contributed by atoms with van der Waals surface area (Å²) in [6, 6.07) is -1.50. The van der Waals surface area contributed by atoms with Crippen molar-refractivity contribution in [1.29, 1.82) is 0 Å². The molecule has 0 bridgehead atoms. The number of nitrogens with one attached hydrogen (secondary N) is 5. The number of unbranched alkanes of at least 4 members (excludes halogenated alkanes) is 5. The van der Waals surface area contributed by atoms with Gasteiger partial charge in [-0.2, -0.15) is 0 Å². The second-order valence-electron chi connectivity index (χ2n) is 25.8. The van der Waals surface area contributed by atoms with Crippen molar-refractivity contribution in [2.75, 3.05) is 60.0 Å². The summed E-state index contributed by atoms with van der Waals surface area (Å²) in [6.07, 6.45) is -25.0. The first-order valence-electron chi connectivity index (χ1n) is 33.5. The maximum Gasteiger partial charge on any atom is 0.251 e. The lowest BCUT2D eigenvalue weighted by Crippen LogP contribution is -2.71. The van der Waals surface area contributed by atoms with Crippen molar-refractivity contribution in [3.8, 4) is 5.75 Å². The number of aliphatic hydroxyl groups excluding tert-OH is 12. The van der Waals surface area contributed by atoms with Crippen LogP contribution in [0.15, 0.2) is 36.4 Å². The third-order valence-electron chi connectivity index (χ3n) is 18.1. The second kappa shape index (κ2) is 38.6. The van der Waals surface area contributed by atoms with Crippen LogP contribution >= 0.6 is 0 Å². The molecule has 19 unspecified atom stereocenters. The first kappa shape index (κ1) is 81.4. The number of aliphatic hydroxyl groups is 12. The summed E-state index contributed by atoms with van der Waals surface area (Å²) in [4.78, 5) is 64.9. The number of ether oxygens (including phenoxy) is 13. The van der Waals surface area contributed by atoms with Gasteiger partial charge < -0.3 is 149 Å². The van der Waals surface area contributed by atoms with Crippen molar-refractivity contribution >= 4 is 29.5 Å². The molecule has 99 heavy (non-hydrogen) atoms. The van der Waals surface area contributed by atoms with Gasteiger partial charge in [0.15, 0.2) is 31.5 Å². The summed E-state index contributed by atoms with van der Waals surface area (Å²) >= 11 is 0.